The van der Waals surface area contributed by atoms with E-state index in [9.17, 15) is 9.18 Å². The van der Waals surface area contributed by atoms with Crippen LogP contribution in [0.1, 0.15) is 70.0 Å². The van der Waals surface area contributed by atoms with Crippen molar-refractivity contribution in [3.05, 3.63) is 58.9 Å². The third-order valence-corrected chi connectivity index (χ3v) is 6.41. The largest absolute Gasteiger partial charge is 0.489 e. The molecular weight excluding hydrogens is 478 g/mol. The Kier molecular flexibility index (Phi) is 8.93. The first kappa shape index (κ1) is 28.9. The van der Waals surface area contributed by atoms with Crippen molar-refractivity contribution in [1.82, 2.24) is 0 Å². The summed E-state index contributed by atoms with van der Waals surface area (Å²) in [6, 6.07) is 9.41. The number of aryl methyl sites for hydroxylation is 1. The molecule has 7 nitrogen and oxygen atoms in total. The zero-order chi connectivity index (χ0) is 27.4. The van der Waals surface area contributed by atoms with Gasteiger partial charge in [-0.2, -0.15) is 0 Å². The molecular formula is C28H38BFO7. The molecule has 0 N–H and O–H groups in total. The maximum atomic E-state index is 13.4. The standard InChI is InChI=1S/C28H38BFO7/c1-26(2,3)35-25(31)23-20(17-33-22-13-11-21(30)12-14-22)10-9-19(24(23)34-18-32-8)15-16-29-36-27(4,5)28(6,7)37-29/h9-14H,15-18H2,1-8H3. The van der Waals surface area contributed by atoms with Gasteiger partial charge >= 0.3 is 13.1 Å². The third kappa shape index (κ3) is 7.46. The first-order chi connectivity index (χ1) is 17.2. The van der Waals surface area contributed by atoms with Crippen molar-refractivity contribution >= 4 is 13.1 Å². The van der Waals surface area contributed by atoms with Crippen LogP contribution in [0.3, 0.4) is 0 Å². The van der Waals surface area contributed by atoms with Gasteiger partial charge in [-0.05, 0) is 91.0 Å². The summed E-state index contributed by atoms with van der Waals surface area (Å²) < 4.78 is 48.3. The number of esters is 1. The SMILES string of the molecule is COCOc1c(CCB2OC(C)(C)C(C)(C)O2)ccc(COc2ccc(F)cc2)c1C(=O)OC(C)(C)C. The Hall–Kier alpha value is -2.62. The van der Waals surface area contributed by atoms with Gasteiger partial charge in [-0.3, -0.25) is 0 Å². The first-order valence-electron chi connectivity index (χ1n) is 12.5. The number of methoxy groups -OCH3 is 1. The minimum Gasteiger partial charge on any atom is -0.489 e. The molecule has 0 bridgehead atoms. The summed E-state index contributed by atoms with van der Waals surface area (Å²) in [5.41, 5.74) is 0.0402. The second kappa shape index (κ2) is 11.4. The number of rotatable bonds is 10. The van der Waals surface area contributed by atoms with Gasteiger partial charge < -0.3 is 28.3 Å². The number of carbonyl (C=O) groups is 1. The molecule has 0 aromatic heterocycles. The predicted molar refractivity (Wildman–Crippen MR) is 139 cm³/mol. The van der Waals surface area contributed by atoms with Crippen LogP contribution in [0.5, 0.6) is 11.5 Å². The highest BCUT2D eigenvalue weighted by Gasteiger charge is 2.50. The van der Waals surface area contributed by atoms with Crippen molar-refractivity contribution < 1.29 is 37.4 Å². The van der Waals surface area contributed by atoms with E-state index in [-0.39, 0.29) is 24.8 Å². The van der Waals surface area contributed by atoms with Gasteiger partial charge in [-0.15, -0.1) is 0 Å². The molecule has 3 rings (SSSR count). The normalized spacial score (nSPS) is 16.5. The number of benzene rings is 2. The summed E-state index contributed by atoms with van der Waals surface area (Å²) in [7, 11) is 1.12. The van der Waals surface area contributed by atoms with Gasteiger partial charge in [0.1, 0.15) is 35.1 Å². The molecule has 9 heteroatoms. The second-order valence-corrected chi connectivity index (χ2v) is 11.1. The van der Waals surface area contributed by atoms with Crippen LogP contribution < -0.4 is 9.47 Å². The van der Waals surface area contributed by atoms with Gasteiger partial charge in [-0.25, -0.2) is 9.18 Å². The van der Waals surface area contributed by atoms with Gasteiger partial charge in [0.05, 0.1) is 11.2 Å². The maximum Gasteiger partial charge on any atom is 0.458 e. The van der Waals surface area contributed by atoms with Crippen LogP contribution in [0.4, 0.5) is 4.39 Å². The first-order valence-corrected chi connectivity index (χ1v) is 12.5. The van der Waals surface area contributed by atoms with Crippen LogP contribution in [0.2, 0.25) is 6.32 Å². The Morgan fingerprint density at radius 1 is 0.946 bits per heavy atom. The molecule has 0 radical (unpaired) electrons. The van der Waals surface area contributed by atoms with Crippen LogP contribution in [0, 0.1) is 5.82 Å². The Labute approximate surface area is 219 Å². The summed E-state index contributed by atoms with van der Waals surface area (Å²) in [6.45, 7) is 13.5. The lowest BCUT2D eigenvalue weighted by Crippen LogP contribution is -2.41. The number of ether oxygens (including phenoxy) is 4. The molecule has 1 fully saturated rings. The van der Waals surface area contributed by atoms with Crippen molar-refractivity contribution in [3.63, 3.8) is 0 Å². The fraction of sp³-hybridized carbons (Fsp3) is 0.536. The van der Waals surface area contributed by atoms with Crippen LogP contribution in [0.25, 0.3) is 0 Å². The molecule has 1 heterocycles. The third-order valence-electron chi connectivity index (χ3n) is 6.41. The van der Waals surface area contributed by atoms with Crippen molar-refractivity contribution in [1.29, 1.82) is 0 Å². The Morgan fingerprint density at radius 3 is 2.11 bits per heavy atom. The number of hydrogen-bond donors (Lipinski definition) is 0. The van der Waals surface area contributed by atoms with E-state index in [1.165, 1.54) is 31.4 Å². The lowest BCUT2D eigenvalue weighted by atomic mass is 9.81. The molecule has 2 aromatic rings. The van der Waals surface area contributed by atoms with E-state index < -0.39 is 29.9 Å². The molecule has 37 heavy (non-hydrogen) atoms. The average Bonchev–Trinajstić information content (AvgIpc) is 3.00. The van der Waals surface area contributed by atoms with Crippen molar-refractivity contribution in [2.45, 2.75) is 84.6 Å². The van der Waals surface area contributed by atoms with E-state index >= 15 is 0 Å². The fourth-order valence-corrected chi connectivity index (χ4v) is 3.87. The number of carbonyl (C=O) groups excluding carboxylic acids is 1. The van der Waals surface area contributed by atoms with Crippen molar-refractivity contribution in [3.8, 4) is 11.5 Å². The van der Waals surface area contributed by atoms with E-state index in [2.05, 4.69) is 0 Å². The quantitative estimate of drug-likeness (QED) is 0.219. The topological polar surface area (TPSA) is 72.5 Å². The van der Waals surface area contributed by atoms with Crippen LogP contribution in [-0.2, 0) is 31.8 Å². The molecule has 0 atom stereocenters. The molecule has 0 saturated carbocycles. The number of hydrogen-bond acceptors (Lipinski definition) is 7. The zero-order valence-corrected chi connectivity index (χ0v) is 23.1. The minimum absolute atomic E-state index is 0.0540. The summed E-state index contributed by atoms with van der Waals surface area (Å²) >= 11 is 0. The average molecular weight is 516 g/mol. The monoisotopic (exact) mass is 516 g/mol. The van der Waals surface area contributed by atoms with Gasteiger partial charge in [0.25, 0.3) is 0 Å². The maximum absolute atomic E-state index is 13.4. The van der Waals surface area contributed by atoms with Gasteiger partial charge in [0.2, 0.25) is 0 Å². The molecule has 0 unspecified atom stereocenters. The van der Waals surface area contributed by atoms with Gasteiger partial charge in [0, 0.05) is 12.7 Å². The Balaban J connectivity index is 1.93. The fourth-order valence-electron chi connectivity index (χ4n) is 3.87. The van der Waals surface area contributed by atoms with Crippen LogP contribution >= 0.6 is 0 Å². The molecule has 1 aliphatic rings. The summed E-state index contributed by atoms with van der Waals surface area (Å²) in [5.74, 6) is -0.0502. The Morgan fingerprint density at radius 2 is 1.54 bits per heavy atom. The van der Waals surface area contributed by atoms with Gasteiger partial charge in [-0.1, -0.05) is 12.1 Å². The van der Waals surface area contributed by atoms with Crippen LogP contribution in [0.15, 0.2) is 36.4 Å². The highest BCUT2D eigenvalue weighted by Crippen LogP contribution is 2.39. The summed E-state index contributed by atoms with van der Waals surface area (Å²) in [5, 5.41) is 0. The highest BCUT2D eigenvalue weighted by atomic mass is 19.1. The molecule has 1 aliphatic heterocycles. The highest BCUT2D eigenvalue weighted by molar-refractivity contribution is 6.45. The lowest BCUT2D eigenvalue weighted by molar-refractivity contribution is 0.00519. The number of halogens is 1. The molecule has 0 amide bonds. The second-order valence-electron chi connectivity index (χ2n) is 11.1. The minimum atomic E-state index is -0.719. The molecule has 202 valence electrons. The smallest absolute Gasteiger partial charge is 0.458 e. The Bertz CT molecular complexity index is 1060. The predicted octanol–water partition coefficient (Wildman–Crippen LogP) is 5.98. The molecule has 1 saturated heterocycles. The van der Waals surface area contributed by atoms with E-state index in [0.29, 0.717) is 29.8 Å². The van der Waals surface area contributed by atoms with Crippen molar-refractivity contribution in [2.75, 3.05) is 13.9 Å². The van der Waals surface area contributed by atoms with E-state index in [0.717, 1.165) is 5.56 Å². The molecule has 2 aromatic carbocycles. The van der Waals surface area contributed by atoms with Crippen LogP contribution in [-0.4, -0.2) is 43.8 Å². The van der Waals surface area contributed by atoms with E-state index in [4.69, 9.17) is 28.3 Å². The molecule has 0 spiro atoms. The summed E-state index contributed by atoms with van der Waals surface area (Å²) in [6.07, 6.45) is 1.10. The van der Waals surface area contributed by atoms with Gasteiger partial charge in [0.15, 0.2) is 6.79 Å². The zero-order valence-electron chi connectivity index (χ0n) is 23.1. The van der Waals surface area contributed by atoms with E-state index in [1.54, 1.807) is 20.8 Å². The molecule has 0 aliphatic carbocycles. The van der Waals surface area contributed by atoms with Crippen molar-refractivity contribution in [2.24, 2.45) is 0 Å². The summed E-state index contributed by atoms with van der Waals surface area (Å²) in [4.78, 5) is 13.4. The lowest BCUT2D eigenvalue weighted by Gasteiger charge is -2.32. The van der Waals surface area contributed by atoms with E-state index in [1.807, 2.05) is 39.8 Å².